The highest BCUT2D eigenvalue weighted by Crippen LogP contribution is 2.77. The van der Waals surface area contributed by atoms with Gasteiger partial charge in [0, 0.05) is 25.2 Å². The van der Waals surface area contributed by atoms with Crippen molar-refractivity contribution in [1.29, 1.82) is 0 Å². The Hall–Kier alpha value is -1.10. The van der Waals surface area contributed by atoms with Crippen LogP contribution in [0.3, 0.4) is 0 Å². The van der Waals surface area contributed by atoms with E-state index in [-0.39, 0.29) is 39.9 Å². The molecule has 1 heterocycles. The fraction of sp³-hybridized carbons (Fsp3) is 0.920. The average Bonchev–Trinajstić information content (AvgIpc) is 3.31. The van der Waals surface area contributed by atoms with Gasteiger partial charge in [-0.2, -0.15) is 0 Å². The molecule has 0 N–H and O–H groups in total. The summed E-state index contributed by atoms with van der Waals surface area (Å²) in [4.78, 5) is 23.0. The first-order valence-electron chi connectivity index (χ1n) is 12.0. The summed E-state index contributed by atoms with van der Waals surface area (Å²) in [6.45, 7) is 11.0. The minimum Gasteiger partial charge on any atom is -0.466 e. The van der Waals surface area contributed by atoms with Crippen LogP contribution in [0.5, 0.6) is 0 Å². The lowest BCUT2D eigenvalue weighted by atomic mass is 9.40. The smallest absolute Gasteiger partial charge is 0.302 e. The van der Waals surface area contributed by atoms with Crippen molar-refractivity contribution < 1.29 is 23.8 Å². The summed E-state index contributed by atoms with van der Waals surface area (Å²) in [5.41, 5.74) is 0.606. The van der Waals surface area contributed by atoms with Crippen LogP contribution in [0.4, 0.5) is 0 Å². The van der Waals surface area contributed by atoms with Crippen molar-refractivity contribution in [3.05, 3.63) is 0 Å². The van der Waals surface area contributed by atoms with Crippen molar-refractivity contribution >= 4 is 11.9 Å². The van der Waals surface area contributed by atoms with Crippen molar-refractivity contribution in [2.24, 2.45) is 34.0 Å². The summed E-state index contributed by atoms with van der Waals surface area (Å²) >= 11 is 0. The molecule has 1 saturated heterocycles. The van der Waals surface area contributed by atoms with Gasteiger partial charge in [-0.3, -0.25) is 9.59 Å². The number of carbonyl (C=O) groups is 2. The van der Waals surface area contributed by atoms with Crippen LogP contribution in [0.15, 0.2) is 0 Å². The second-order valence-electron chi connectivity index (χ2n) is 11.8. The van der Waals surface area contributed by atoms with Crippen LogP contribution in [0, 0.1) is 34.0 Å². The van der Waals surface area contributed by atoms with Gasteiger partial charge in [0.1, 0.15) is 11.7 Å². The molecule has 0 bridgehead atoms. The topological polar surface area (TPSA) is 65.1 Å². The van der Waals surface area contributed by atoms with Crippen LogP contribution in [0.2, 0.25) is 0 Å². The van der Waals surface area contributed by atoms with Crippen LogP contribution in [-0.2, 0) is 23.8 Å². The quantitative estimate of drug-likeness (QED) is 0.493. The summed E-state index contributed by atoms with van der Waals surface area (Å²) in [5.74, 6) is 1.37. The van der Waals surface area contributed by atoms with E-state index in [1.54, 1.807) is 0 Å². The molecule has 5 fully saturated rings. The average molecular weight is 419 g/mol. The molecule has 168 valence electrons. The SMILES string of the molecule is CC(=O)OC[C@@H]1C[C@@H]2O[C@@]23[C@@H]2CC[C@]4(C)C[C@H](OC(C)=O)CC[C@]4(C)[C@@H]2CC[C@]13C. The summed E-state index contributed by atoms with van der Waals surface area (Å²) < 4.78 is 17.7. The van der Waals surface area contributed by atoms with Gasteiger partial charge in [0.15, 0.2) is 0 Å². The number of rotatable bonds is 3. The van der Waals surface area contributed by atoms with Crippen molar-refractivity contribution in [2.45, 2.75) is 104 Å². The molecule has 0 radical (unpaired) electrons. The zero-order chi connectivity index (χ0) is 21.5. The Bertz CT molecular complexity index is 763. The van der Waals surface area contributed by atoms with Gasteiger partial charge in [-0.05, 0) is 74.0 Å². The summed E-state index contributed by atoms with van der Waals surface area (Å²) in [6.07, 6.45) is 9.37. The van der Waals surface area contributed by atoms with E-state index >= 15 is 0 Å². The third-order valence-corrected chi connectivity index (χ3v) is 10.8. The maximum absolute atomic E-state index is 11.5. The summed E-state index contributed by atoms with van der Waals surface area (Å²) in [6, 6.07) is 0. The Kier molecular flexibility index (Phi) is 4.48. The summed E-state index contributed by atoms with van der Waals surface area (Å²) in [7, 11) is 0. The first-order valence-corrected chi connectivity index (χ1v) is 12.0. The maximum atomic E-state index is 11.5. The molecular formula is C25H38O5. The molecule has 0 unspecified atom stereocenters. The third kappa shape index (κ3) is 2.56. The van der Waals surface area contributed by atoms with Gasteiger partial charge in [0.2, 0.25) is 0 Å². The summed E-state index contributed by atoms with van der Waals surface area (Å²) in [5, 5.41) is 0. The Balaban J connectivity index is 1.39. The van der Waals surface area contributed by atoms with Crippen molar-refractivity contribution in [3.63, 3.8) is 0 Å². The van der Waals surface area contributed by atoms with Crippen LogP contribution >= 0.6 is 0 Å². The first kappa shape index (κ1) is 20.8. The third-order valence-electron chi connectivity index (χ3n) is 10.8. The number of esters is 2. The van der Waals surface area contributed by atoms with Crippen LogP contribution in [-0.4, -0.2) is 36.4 Å². The molecular weight excluding hydrogens is 380 g/mol. The fourth-order valence-electron chi connectivity index (χ4n) is 8.95. The minimum atomic E-state index is -0.173. The number of hydrogen-bond acceptors (Lipinski definition) is 5. The predicted molar refractivity (Wildman–Crippen MR) is 112 cm³/mol. The van der Waals surface area contributed by atoms with E-state index < -0.39 is 0 Å². The zero-order valence-electron chi connectivity index (χ0n) is 19.3. The van der Waals surface area contributed by atoms with E-state index in [2.05, 4.69) is 20.8 Å². The minimum absolute atomic E-state index is 0.00218. The molecule has 30 heavy (non-hydrogen) atoms. The van der Waals surface area contributed by atoms with Crippen LogP contribution in [0.1, 0.15) is 86.0 Å². The van der Waals surface area contributed by atoms with E-state index in [0.717, 1.165) is 32.1 Å². The second kappa shape index (κ2) is 6.46. The molecule has 5 rings (SSSR count). The highest BCUT2D eigenvalue weighted by atomic mass is 16.6. The zero-order valence-corrected chi connectivity index (χ0v) is 19.3. The molecule has 4 aliphatic carbocycles. The normalized spacial score (nSPS) is 53.6. The molecule has 9 atom stereocenters. The monoisotopic (exact) mass is 418 g/mol. The van der Waals surface area contributed by atoms with E-state index in [0.29, 0.717) is 30.5 Å². The molecule has 0 aromatic heterocycles. The van der Waals surface area contributed by atoms with Crippen molar-refractivity contribution in [2.75, 3.05) is 6.61 Å². The van der Waals surface area contributed by atoms with Crippen LogP contribution < -0.4 is 0 Å². The maximum Gasteiger partial charge on any atom is 0.302 e. The molecule has 5 nitrogen and oxygen atoms in total. The van der Waals surface area contributed by atoms with Gasteiger partial charge in [0.25, 0.3) is 0 Å². The molecule has 0 aromatic carbocycles. The number of fused-ring (bicyclic) bond motifs is 3. The van der Waals surface area contributed by atoms with Gasteiger partial charge in [-0.25, -0.2) is 0 Å². The van der Waals surface area contributed by atoms with E-state index in [9.17, 15) is 9.59 Å². The van der Waals surface area contributed by atoms with Gasteiger partial charge < -0.3 is 14.2 Å². The lowest BCUT2D eigenvalue weighted by molar-refractivity contribution is -0.192. The fourth-order valence-corrected chi connectivity index (χ4v) is 8.95. The highest BCUT2D eigenvalue weighted by molar-refractivity contribution is 5.66. The Morgan fingerprint density at radius 3 is 2.33 bits per heavy atom. The number of hydrogen-bond donors (Lipinski definition) is 0. The molecule has 5 heteroatoms. The Morgan fingerprint density at radius 2 is 1.63 bits per heavy atom. The largest absolute Gasteiger partial charge is 0.466 e. The predicted octanol–water partition coefficient (Wildman–Crippen LogP) is 4.66. The van der Waals surface area contributed by atoms with E-state index in [1.807, 2.05) is 0 Å². The van der Waals surface area contributed by atoms with Gasteiger partial charge >= 0.3 is 11.9 Å². The lowest BCUT2D eigenvalue weighted by Crippen LogP contribution is -2.62. The molecule has 0 aromatic rings. The number of epoxide rings is 1. The Labute approximate surface area is 180 Å². The molecule has 0 amide bonds. The lowest BCUT2D eigenvalue weighted by Gasteiger charge is -2.65. The Morgan fingerprint density at radius 1 is 0.933 bits per heavy atom. The first-order chi connectivity index (χ1) is 14.1. The van der Waals surface area contributed by atoms with E-state index in [4.69, 9.17) is 14.2 Å². The molecule has 1 aliphatic heterocycles. The van der Waals surface area contributed by atoms with Gasteiger partial charge in [0.05, 0.1) is 12.7 Å². The van der Waals surface area contributed by atoms with Crippen molar-refractivity contribution in [3.8, 4) is 0 Å². The number of ether oxygens (including phenoxy) is 3. The van der Waals surface area contributed by atoms with Gasteiger partial charge in [-0.1, -0.05) is 20.8 Å². The van der Waals surface area contributed by atoms with Crippen LogP contribution in [0.25, 0.3) is 0 Å². The molecule has 5 aliphatic rings. The molecule has 1 spiro atoms. The number of carbonyl (C=O) groups excluding carboxylic acids is 2. The second-order valence-corrected chi connectivity index (χ2v) is 11.8. The van der Waals surface area contributed by atoms with E-state index in [1.165, 1.54) is 33.1 Å². The standard InChI is InChI=1S/C25H38O5/c1-15(26)28-14-17-12-21-25(30-21)20-7-9-22(3)13-18(29-16(2)27)6-10-24(22,5)19(20)8-11-23(17,25)4/h17-21H,6-14H2,1-5H3/t17-,18+,19+,20+,21-,22+,23+,24+,25-/m0/s1. The molecule has 4 saturated carbocycles. The van der Waals surface area contributed by atoms with Crippen molar-refractivity contribution in [1.82, 2.24) is 0 Å². The van der Waals surface area contributed by atoms with Gasteiger partial charge in [-0.15, -0.1) is 0 Å². The highest BCUT2D eigenvalue weighted by Gasteiger charge is 2.81.